The van der Waals surface area contributed by atoms with Gasteiger partial charge in [-0.1, -0.05) is 84.4 Å². The number of nitrogens with one attached hydrogen (secondary N) is 1. The van der Waals surface area contributed by atoms with Crippen LogP contribution in [0.25, 0.3) is 0 Å². The minimum atomic E-state index is -0.605. The summed E-state index contributed by atoms with van der Waals surface area (Å²) in [5.74, 6) is 2.00. The van der Waals surface area contributed by atoms with Crippen LogP contribution in [-0.4, -0.2) is 33.1 Å². The summed E-state index contributed by atoms with van der Waals surface area (Å²) >= 11 is 13.8. The van der Waals surface area contributed by atoms with Crippen molar-refractivity contribution < 1.29 is 19.0 Å². The lowest BCUT2D eigenvalue weighted by molar-refractivity contribution is -0.140. The van der Waals surface area contributed by atoms with Gasteiger partial charge in [-0.15, -0.1) is 5.10 Å². The van der Waals surface area contributed by atoms with Crippen molar-refractivity contribution >= 4 is 46.9 Å². The van der Waals surface area contributed by atoms with Crippen LogP contribution >= 0.6 is 35.0 Å². The molecule has 0 amide bonds. The molecule has 5 rings (SSSR count). The minimum Gasteiger partial charge on any atom is -0.490 e. The normalized spacial score (nSPS) is 14.3. The largest absolute Gasteiger partial charge is 0.490 e. The number of ether oxygens (including phenoxy) is 3. The molecule has 0 saturated heterocycles. The van der Waals surface area contributed by atoms with E-state index in [0.29, 0.717) is 50.5 Å². The van der Waals surface area contributed by atoms with E-state index in [4.69, 9.17) is 42.5 Å². The van der Waals surface area contributed by atoms with Gasteiger partial charge in [0.05, 0.1) is 22.2 Å². The molecule has 42 heavy (non-hydrogen) atoms. The quantitative estimate of drug-likeness (QED) is 0.134. The van der Waals surface area contributed by atoms with Crippen LogP contribution < -0.4 is 14.8 Å². The molecule has 1 aromatic heterocycles. The molecule has 0 fully saturated rings. The molecule has 1 atom stereocenters. The number of halogens is 2. The summed E-state index contributed by atoms with van der Waals surface area (Å²) in [5.41, 5.74) is 3.61. The Morgan fingerprint density at radius 1 is 0.952 bits per heavy atom. The molecule has 0 aliphatic carbocycles. The van der Waals surface area contributed by atoms with Crippen LogP contribution in [0.3, 0.4) is 0 Å². The van der Waals surface area contributed by atoms with E-state index in [1.165, 1.54) is 11.8 Å². The van der Waals surface area contributed by atoms with Gasteiger partial charge in [-0.3, -0.25) is 0 Å². The average Bonchev–Trinajstić information content (AvgIpc) is 3.39. The molecule has 218 valence electrons. The zero-order chi connectivity index (χ0) is 29.6. The lowest BCUT2D eigenvalue weighted by Gasteiger charge is -2.28. The minimum absolute atomic E-state index is 0.149. The second kappa shape index (κ2) is 13.5. The summed E-state index contributed by atoms with van der Waals surface area (Å²) in [5, 5.41) is 9.54. The Bertz CT molecular complexity index is 1610. The fourth-order valence-corrected chi connectivity index (χ4v) is 5.44. The molecule has 1 aliphatic rings. The Hall–Kier alpha value is -3.66. The number of carbonyl (C=O) groups is 1. The number of esters is 1. The van der Waals surface area contributed by atoms with Crippen LogP contribution in [0.1, 0.15) is 43.5 Å². The molecule has 4 aromatic rings. The molecule has 1 N–H and O–H groups in total. The van der Waals surface area contributed by atoms with Gasteiger partial charge in [0.2, 0.25) is 11.1 Å². The van der Waals surface area contributed by atoms with E-state index in [-0.39, 0.29) is 13.2 Å². The number of aromatic nitrogens is 3. The third-order valence-electron chi connectivity index (χ3n) is 6.50. The molecule has 1 unspecified atom stereocenters. The second-order valence-electron chi connectivity index (χ2n) is 9.40. The number of hydrogen-bond donors (Lipinski definition) is 1. The van der Waals surface area contributed by atoms with Crippen molar-refractivity contribution in [2.24, 2.45) is 0 Å². The summed E-state index contributed by atoms with van der Waals surface area (Å²) in [7, 11) is 0. The van der Waals surface area contributed by atoms with E-state index < -0.39 is 12.0 Å². The summed E-state index contributed by atoms with van der Waals surface area (Å²) in [4.78, 5) is 18.3. The Morgan fingerprint density at radius 3 is 2.50 bits per heavy atom. The lowest BCUT2D eigenvalue weighted by atomic mass is 9.95. The molecule has 2 heterocycles. The van der Waals surface area contributed by atoms with Gasteiger partial charge in [0.25, 0.3) is 0 Å². The monoisotopic (exact) mass is 624 g/mol. The standard InChI is InChI=1S/C31H30Cl2N4O4S/c1-4-39-26-16-22(12-14-25(26)40-18-21-11-13-23(32)24(33)15-21)28-27(29(38)41-17-20-9-7-6-8-10-20)19(3)34-30-35-31(42-5-2)36-37(28)30/h6-16,28H,4-5,17-18H2,1-3H3,(H,34,35,36). The van der Waals surface area contributed by atoms with Crippen molar-refractivity contribution in [3.63, 3.8) is 0 Å². The van der Waals surface area contributed by atoms with Gasteiger partial charge in [0.15, 0.2) is 11.5 Å². The van der Waals surface area contributed by atoms with Crippen LogP contribution in [0, 0.1) is 0 Å². The first-order chi connectivity index (χ1) is 20.4. The van der Waals surface area contributed by atoms with Gasteiger partial charge in [-0.2, -0.15) is 4.98 Å². The van der Waals surface area contributed by atoms with Crippen LogP contribution in [-0.2, 0) is 22.7 Å². The SMILES string of the molecule is CCOc1cc(C2C(C(=O)OCc3ccccc3)=C(C)Nc3nc(SCC)nn32)ccc1OCc1ccc(Cl)c(Cl)c1. The fourth-order valence-electron chi connectivity index (χ4n) is 4.57. The summed E-state index contributed by atoms with van der Waals surface area (Å²) < 4.78 is 19.6. The number of thioether (sulfide) groups is 1. The van der Waals surface area contributed by atoms with Crippen LogP contribution in [0.15, 0.2) is 83.2 Å². The van der Waals surface area contributed by atoms with Gasteiger partial charge >= 0.3 is 5.97 Å². The number of carbonyl (C=O) groups excluding carboxylic acids is 1. The molecule has 8 nitrogen and oxygen atoms in total. The average molecular weight is 626 g/mol. The number of anilines is 1. The highest BCUT2D eigenvalue weighted by atomic mass is 35.5. The van der Waals surface area contributed by atoms with E-state index in [0.717, 1.165) is 22.4 Å². The summed E-state index contributed by atoms with van der Waals surface area (Å²) in [6, 6.07) is 19.9. The molecular weight excluding hydrogens is 595 g/mol. The smallest absolute Gasteiger partial charge is 0.338 e. The highest BCUT2D eigenvalue weighted by Crippen LogP contribution is 2.40. The highest BCUT2D eigenvalue weighted by Gasteiger charge is 2.36. The van der Waals surface area contributed by atoms with Gasteiger partial charge in [-0.05, 0) is 60.6 Å². The molecule has 0 bridgehead atoms. The third kappa shape index (κ3) is 6.69. The maximum absolute atomic E-state index is 13.6. The number of fused-ring (bicyclic) bond motifs is 1. The van der Waals surface area contributed by atoms with E-state index in [2.05, 4.69) is 10.3 Å². The second-order valence-corrected chi connectivity index (χ2v) is 11.4. The van der Waals surface area contributed by atoms with Crippen LogP contribution in [0.4, 0.5) is 5.95 Å². The molecule has 0 radical (unpaired) electrons. The maximum atomic E-state index is 13.6. The van der Waals surface area contributed by atoms with E-state index in [1.807, 2.05) is 75.4 Å². The predicted octanol–water partition coefficient (Wildman–Crippen LogP) is 7.71. The van der Waals surface area contributed by atoms with Crippen LogP contribution in [0.2, 0.25) is 10.0 Å². The highest BCUT2D eigenvalue weighted by molar-refractivity contribution is 7.99. The van der Waals surface area contributed by atoms with Crippen molar-refractivity contribution in [1.82, 2.24) is 14.8 Å². The number of nitrogens with zero attached hydrogens (tertiary/aromatic N) is 3. The van der Waals surface area contributed by atoms with Gasteiger partial charge < -0.3 is 19.5 Å². The Labute approximate surface area is 259 Å². The van der Waals surface area contributed by atoms with Gasteiger partial charge in [0.1, 0.15) is 19.3 Å². The molecular formula is C31H30Cl2N4O4S. The molecule has 3 aromatic carbocycles. The fraction of sp³-hybridized carbons (Fsp3) is 0.258. The Morgan fingerprint density at radius 2 is 1.76 bits per heavy atom. The zero-order valence-corrected chi connectivity index (χ0v) is 25.7. The topological polar surface area (TPSA) is 87.5 Å². The molecule has 1 aliphatic heterocycles. The molecule has 0 saturated carbocycles. The first-order valence-corrected chi connectivity index (χ1v) is 15.2. The zero-order valence-electron chi connectivity index (χ0n) is 23.4. The first-order valence-electron chi connectivity index (χ1n) is 13.5. The van der Waals surface area contributed by atoms with Gasteiger partial charge in [-0.25, -0.2) is 9.48 Å². The van der Waals surface area contributed by atoms with Crippen molar-refractivity contribution in [3.05, 3.63) is 105 Å². The molecule has 0 spiro atoms. The third-order valence-corrected chi connectivity index (χ3v) is 7.96. The number of benzene rings is 3. The lowest BCUT2D eigenvalue weighted by Crippen LogP contribution is -2.29. The van der Waals surface area contributed by atoms with E-state index >= 15 is 0 Å². The van der Waals surface area contributed by atoms with Crippen LogP contribution in [0.5, 0.6) is 11.5 Å². The molecule has 11 heteroatoms. The van der Waals surface area contributed by atoms with Crippen molar-refractivity contribution in [2.75, 3.05) is 17.7 Å². The Balaban J connectivity index is 1.49. The Kier molecular flexibility index (Phi) is 9.62. The van der Waals surface area contributed by atoms with Crippen molar-refractivity contribution in [2.45, 2.75) is 45.2 Å². The van der Waals surface area contributed by atoms with E-state index in [1.54, 1.807) is 16.8 Å². The van der Waals surface area contributed by atoms with Crippen molar-refractivity contribution in [1.29, 1.82) is 0 Å². The van der Waals surface area contributed by atoms with E-state index in [9.17, 15) is 4.79 Å². The van der Waals surface area contributed by atoms with Gasteiger partial charge in [0, 0.05) is 5.70 Å². The number of hydrogen-bond acceptors (Lipinski definition) is 8. The summed E-state index contributed by atoms with van der Waals surface area (Å²) in [6.07, 6.45) is 0. The van der Waals surface area contributed by atoms with Crippen molar-refractivity contribution in [3.8, 4) is 11.5 Å². The summed E-state index contributed by atoms with van der Waals surface area (Å²) in [6.45, 7) is 6.62. The first kappa shape index (κ1) is 29.8. The number of rotatable bonds is 11. The predicted molar refractivity (Wildman–Crippen MR) is 166 cm³/mol. The maximum Gasteiger partial charge on any atom is 0.338 e. The number of allylic oxidation sites excluding steroid dienone is 1.